The van der Waals surface area contributed by atoms with E-state index in [4.69, 9.17) is 4.42 Å². The fraction of sp³-hybridized carbons (Fsp3) is 0.350. The van der Waals surface area contributed by atoms with E-state index in [0.717, 1.165) is 24.0 Å². The Morgan fingerprint density at radius 2 is 1.79 bits per heavy atom. The molecule has 0 amide bonds. The van der Waals surface area contributed by atoms with Crippen LogP contribution in [0.5, 0.6) is 0 Å². The summed E-state index contributed by atoms with van der Waals surface area (Å²) in [6.45, 7) is 2.54. The molecule has 0 bridgehead atoms. The first-order chi connectivity index (χ1) is 13.6. The van der Waals surface area contributed by atoms with Crippen molar-refractivity contribution in [3.05, 3.63) is 65.8 Å². The standard InChI is InChI=1S/C20H22N4O3S/c1-2-15-5-7-16(8-6-15)14-28(25,26)24-13-3-4-18(24)20-23-22-19(27-20)17-9-11-21-12-10-17/h5-12,18H,2-4,13-14H2,1H3. The highest BCUT2D eigenvalue weighted by molar-refractivity contribution is 7.88. The van der Waals surface area contributed by atoms with Crippen molar-refractivity contribution in [2.24, 2.45) is 0 Å². The third-order valence-corrected chi connectivity index (χ3v) is 6.84. The summed E-state index contributed by atoms with van der Waals surface area (Å²) in [7, 11) is -3.49. The van der Waals surface area contributed by atoms with Gasteiger partial charge in [0, 0.05) is 24.5 Å². The molecule has 1 atom stereocenters. The van der Waals surface area contributed by atoms with Gasteiger partial charge in [-0.3, -0.25) is 4.98 Å². The summed E-state index contributed by atoms with van der Waals surface area (Å²) < 4.78 is 33.4. The highest BCUT2D eigenvalue weighted by Crippen LogP contribution is 2.35. The molecular weight excluding hydrogens is 376 g/mol. The molecular formula is C20H22N4O3S. The summed E-state index contributed by atoms with van der Waals surface area (Å²) >= 11 is 0. The Morgan fingerprint density at radius 1 is 1.07 bits per heavy atom. The van der Waals surface area contributed by atoms with Crippen LogP contribution in [-0.4, -0.2) is 34.4 Å². The first-order valence-electron chi connectivity index (χ1n) is 9.38. The summed E-state index contributed by atoms with van der Waals surface area (Å²) in [6.07, 6.45) is 5.67. The Kier molecular flexibility index (Phi) is 5.23. The number of rotatable bonds is 6. The molecule has 0 radical (unpaired) electrons. The molecule has 28 heavy (non-hydrogen) atoms. The van der Waals surface area contributed by atoms with Gasteiger partial charge in [0.2, 0.25) is 21.8 Å². The van der Waals surface area contributed by atoms with E-state index in [-0.39, 0.29) is 5.75 Å². The molecule has 3 heterocycles. The van der Waals surface area contributed by atoms with Gasteiger partial charge in [-0.15, -0.1) is 10.2 Å². The van der Waals surface area contributed by atoms with Crippen LogP contribution < -0.4 is 0 Å². The molecule has 0 N–H and O–H groups in total. The summed E-state index contributed by atoms with van der Waals surface area (Å²) in [4.78, 5) is 3.97. The second-order valence-electron chi connectivity index (χ2n) is 6.88. The van der Waals surface area contributed by atoms with E-state index in [9.17, 15) is 8.42 Å². The van der Waals surface area contributed by atoms with E-state index in [1.807, 2.05) is 24.3 Å². The van der Waals surface area contributed by atoms with Crippen LogP contribution in [0.1, 0.15) is 42.8 Å². The quantitative estimate of drug-likeness (QED) is 0.632. The van der Waals surface area contributed by atoms with E-state index in [1.165, 1.54) is 9.87 Å². The first-order valence-corrected chi connectivity index (χ1v) is 11.0. The third kappa shape index (κ3) is 3.83. The van der Waals surface area contributed by atoms with Crippen molar-refractivity contribution in [2.75, 3.05) is 6.54 Å². The molecule has 1 aromatic carbocycles. The summed E-state index contributed by atoms with van der Waals surface area (Å²) in [5, 5.41) is 8.21. The maximum atomic E-state index is 13.0. The Hall–Kier alpha value is -2.58. The van der Waals surface area contributed by atoms with E-state index in [2.05, 4.69) is 22.1 Å². The lowest BCUT2D eigenvalue weighted by Crippen LogP contribution is -2.31. The SMILES string of the molecule is CCc1ccc(CS(=O)(=O)N2CCCC2c2nnc(-c3ccncc3)o2)cc1. The lowest BCUT2D eigenvalue weighted by atomic mass is 10.1. The van der Waals surface area contributed by atoms with Gasteiger partial charge in [0.1, 0.15) is 6.04 Å². The number of aromatic nitrogens is 3. The number of aryl methyl sites for hydroxylation is 1. The topological polar surface area (TPSA) is 89.2 Å². The van der Waals surface area contributed by atoms with Gasteiger partial charge in [-0.2, -0.15) is 4.31 Å². The average Bonchev–Trinajstić information content (AvgIpc) is 3.39. The van der Waals surface area contributed by atoms with Crippen LogP contribution in [-0.2, 0) is 22.2 Å². The number of pyridine rings is 1. The van der Waals surface area contributed by atoms with Gasteiger partial charge in [-0.25, -0.2) is 8.42 Å². The zero-order valence-electron chi connectivity index (χ0n) is 15.7. The molecule has 3 aromatic rings. The molecule has 1 aliphatic heterocycles. The molecule has 1 aliphatic rings. The van der Waals surface area contributed by atoms with Crippen molar-refractivity contribution in [3.8, 4) is 11.5 Å². The molecule has 0 saturated carbocycles. The van der Waals surface area contributed by atoms with E-state index < -0.39 is 16.1 Å². The van der Waals surface area contributed by atoms with Crippen molar-refractivity contribution in [1.82, 2.24) is 19.5 Å². The molecule has 1 unspecified atom stereocenters. The molecule has 8 heteroatoms. The summed E-state index contributed by atoms with van der Waals surface area (Å²) in [5.41, 5.74) is 2.73. The van der Waals surface area contributed by atoms with Crippen LogP contribution in [0, 0.1) is 0 Å². The molecule has 0 aliphatic carbocycles. The largest absolute Gasteiger partial charge is 0.419 e. The second kappa shape index (κ2) is 7.81. The van der Waals surface area contributed by atoms with Gasteiger partial charge < -0.3 is 4.42 Å². The van der Waals surface area contributed by atoms with Gasteiger partial charge in [0.15, 0.2) is 0 Å². The van der Waals surface area contributed by atoms with Crippen LogP contribution in [0.15, 0.2) is 53.2 Å². The molecule has 146 valence electrons. The van der Waals surface area contributed by atoms with Gasteiger partial charge >= 0.3 is 0 Å². The highest BCUT2D eigenvalue weighted by Gasteiger charge is 2.38. The number of hydrogen-bond donors (Lipinski definition) is 0. The predicted octanol–water partition coefficient (Wildman–Crippen LogP) is 3.36. The fourth-order valence-corrected chi connectivity index (χ4v) is 5.24. The third-order valence-electron chi connectivity index (χ3n) is 4.99. The number of hydrogen-bond acceptors (Lipinski definition) is 6. The van der Waals surface area contributed by atoms with Crippen LogP contribution in [0.25, 0.3) is 11.5 Å². The molecule has 1 fully saturated rings. The van der Waals surface area contributed by atoms with Crippen molar-refractivity contribution in [2.45, 2.75) is 38.0 Å². The number of nitrogens with zero attached hydrogens (tertiary/aromatic N) is 4. The maximum Gasteiger partial charge on any atom is 0.247 e. The molecule has 0 spiro atoms. The zero-order valence-corrected chi connectivity index (χ0v) is 16.5. The minimum absolute atomic E-state index is 0.0289. The van der Waals surface area contributed by atoms with Crippen LogP contribution in [0.4, 0.5) is 0 Å². The highest BCUT2D eigenvalue weighted by atomic mass is 32.2. The fourth-order valence-electron chi connectivity index (χ4n) is 3.47. The van der Waals surface area contributed by atoms with E-state index in [0.29, 0.717) is 24.7 Å². The smallest absolute Gasteiger partial charge is 0.247 e. The molecule has 2 aromatic heterocycles. The molecule has 4 rings (SSSR count). The lowest BCUT2D eigenvalue weighted by molar-refractivity contribution is 0.332. The van der Waals surface area contributed by atoms with Crippen molar-refractivity contribution in [3.63, 3.8) is 0 Å². The molecule has 7 nitrogen and oxygen atoms in total. The van der Waals surface area contributed by atoms with Gasteiger partial charge in [-0.05, 0) is 42.5 Å². The zero-order chi connectivity index (χ0) is 19.6. The molecule has 1 saturated heterocycles. The Morgan fingerprint density at radius 3 is 2.50 bits per heavy atom. The van der Waals surface area contributed by atoms with Gasteiger partial charge in [0.25, 0.3) is 0 Å². The van der Waals surface area contributed by atoms with Crippen LogP contribution in [0.3, 0.4) is 0 Å². The Balaban J connectivity index is 1.55. The minimum Gasteiger partial charge on any atom is -0.419 e. The normalized spacial score (nSPS) is 17.8. The van der Waals surface area contributed by atoms with Crippen molar-refractivity contribution < 1.29 is 12.8 Å². The van der Waals surface area contributed by atoms with E-state index in [1.54, 1.807) is 24.5 Å². The Bertz CT molecular complexity index is 1030. The van der Waals surface area contributed by atoms with Crippen LogP contribution >= 0.6 is 0 Å². The number of benzene rings is 1. The first kappa shape index (κ1) is 18.8. The summed E-state index contributed by atoms with van der Waals surface area (Å²) in [5.74, 6) is 0.685. The average molecular weight is 398 g/mol. The maximum absolute atomic E-state index is 13.0. The van der Waals surface area contributed by atoms with Gasteiger partial charge in [-0.1, -0.05) is 31.2 Å². The summed E-state index contributed by atoms with van der Waals surface area (Å²) in [6, 6.07) is 10.9. The monoisotopic (exact) mass is 398 g/mol. The van der Waals surface area contributed by atoms with Crippen molar-refractivity contribution >= 4 is 10.0 Å². The minimum atomic E-state index is -3.49. The van der Waals surface area contributed by atoms with Gasteiger partial charge in [0.05, 0.1) is 5.75 Å². The van der Waals surface area contributed by atoms with E-state index >= 15 is 0 Å². The predicted molar refractivity (Wildman–Crippen MR) is 105 cm³/mol. The Labute approximate surface area is 164 Å². The second-order valence-corrected chi connectivity index (χ2v) is 8.80. The van der Waals surface area contributed by atoms with Crippen LogP contribution in [0.2, 0.25) is 0 Å². The lowest BCUT2D eigenvalue weighted by Gasteiger charge is -2.21. The van der Waals surface area contributed by atoms with Crippen molar-refractivity contribution in [1.29, 1.82) is 0 Å². The number of sulfonamides is 1.